The summed E-state index contributed by atoms with van der Waals surface area (Å²) in [6.45, 7) is 14.4. The molecule has 0 radical (unpaired) electrons. The third-order valence-corrected chi connectivity index (χ3v) is 20.9. The Kier molecular flexibility index (Phi) is 9.22. The lowest BCUT2D eigenvalue weighted by molar-refractivity contribution is 0.332. The van der Waals surface area contributed by atoms with Crippen LogP contribution in [0.1, 0.15) is 62.8 Å². The molecular formula is C58H51BN2S3. The third kappa shape index (κ3) is 6.05. The third-order valence-electron chi connectivity index (χ3n) is 14.4. The van der Waals surface area contributed by atoms with Gasteiger partial charge in [-0.1, -0.05) is 148 Å². The molecule has 0 aromatic heterocycles. The second-order valence-electron chi connectivity index (χ2n) is 19.4. The number of rotatable bonds is 4. The summed E-state index contributed by atoms with van der Waals surface area (Å²) in [6, 6.07) is 62.6. The fourth-order valence-electron chi connectivity index (χ4n) is 11.0. The van der Waals surface area contributed by atoms with Gasteiger partial charge in [-0.2, -0.15) is 0 Å². The maximum atomic E-state index is 4.10. The number of nitrogens with one attached hydrogen (secondary N) is 1. The van der Waals surface area contributed by atoms with E-state index in [-0.39, 0.29) is 10.8 Å². The SMILES string of the molecule is Cc1cc(-c2cccc3c2Nc2ccccc2S3(c2ccccc2)c2ccccc2)c2c(c1)N(c1cc3c(cc1C)C(C)(C)CCC3(C)C)c1cc3c(cc1B2)Sc1ccccc1S3. The van der Waals surface area contributed by atoms with E-state index in [1.807, 2.05) is 23.5 Å². The van der Waals surface area contributed by atoms with Gasteiger partial charge in [-0.25, -0.2) is 0 Å². The van der Waals surface area contributed by atoms with Crippen molar-refractivity contribution < 1.29 is 0 Å². The number of nitrogens with zero attached hydrogens (tertiary/aromatic N) is 1. The molecule has 0 saturated carbocycles. The summed E-state index contributed by atoms with van der Waals surface area (Å²) in [5, 5.41) is 4.10. The molecule has 314 valence electrons. The first-order chi connectivity index (χ1) is 31.0. The standard InChI is InChI=1S/C58H51BN2S3/c1-36-30-41(40-22-17-27-54-56(40)60-45-23-13-16-26-53(45)64(54,38-18-9-7-10-19-38)39-20-11-8-12-21-39)55-48(31-36)61(46-33-43-42(32-37(46)2)57(3,4)28-29-58(43,5)6)47-35-52-51(34-44(47)59-55)62-49-24-14-15-25-50(49)63-52/h7-27,30-35,59-60H,28-29H2,1-6H3. The van der Waals surface area contributed by atoms with Crippen LogP contribution in [-0.2, 0) is 10.8 Å². The highest BCUT2D eigenvalue weighted by Crippen LogP contribution is 2.78. The molecule has 4 aliphatic rings. The first-order valence-corrected chi connectivity index (χ1v) is 25.9. The van der Waals surface area contributed by atoms with Gasteiger partial charge in [0.05, 0.1) is 11.4 Å². The fraction of sp³-hybridized carbons (Fsp3) is 0.172. The van der Waals surface area contributed by atoms with E-state index in [0.29, 0.717) is 0 Å². The highest BCUT2D eigenvalue weighted by Gasteiger charge is 2.42. The zero-order valence-corrected chi connectivity index (χ0v) is 39.8. The summed E-state index contributed by atoms with van der Waals surface area (Å²) in [7, 11) is -1.04. The van der Waals surface area contributed by atoms with Crippen LogP contribution >= 0.6 is 33.6 Å². The minimum absolute atomic E-state index is 0.0793. The van der Waals surface area contributed by atoms with E-state index >= 15 is 0 Å². The lowest BCUT2D eigenvalue weighted by Gasteiger charge is -2.47. The molecule has 0 saturated heterocycles. The number of hydrogen-bond donors (Lipinski definition) is 1. The molecule has 64 heavy (non-hydrogen) atoms. The Labute approximate surface area is 389 Å². The molecule has 0 atom stereocenters. The number of anilines is 5. The van der Waals surface area contributed by atoms with Crippen molar-refractivity contribution in [3.8, 4) is 11.1 Å². The van der Waals surface area contributed by atoms with Crippen molar-refractivity contribution >= 4 is 80.2 Å². The van der Waals surface area contributed by atoms with Crippen LogP contribution in [0.15, 0.2) is 203 Å². The maximum absolute atomic E-state index is 4.10. The molecule has 0 amide bonds. The Morgan fingerprint density at radius 1 is 0.531 bits per heavy atom. The summed E-state index contributed by atoms with van der Waals surface area (Å²) in [5.74, 6) is 0. The van der Waals surface area contributed by atoms with Crippen LogP contribution in [0.2, 0.25) is 0 Å². The largest absolute Gasteiger partial charge is 0.353 e. The van der Waals surface area contributed by atoms with Crippen molar-refractivity contribution in [2.75, 3.05) is 10.2 Å². The average molecular weight is 883 g/mol. The van der Waals surface area contributed by atoms with Gasteiger partial charge in [0, 0.05) is 61.8 Å². The number of benzene rings is 8. The Morgan fingerprint density at radius 2 is 1.12 bits per heavy atom. The molecule has 2 nitrogen and oxygen atoms in total. The minimum Gasteiger partial charge on any atom is -0.353 e. The highest BCUT2D eigenvalue weighted by molar-refractivity contribution is 8.34. The molecule has 1 N–H and O–H groups in total. The van der Waals surface area contributed by atoms with Crippen LogP contribution < -0.4 is 21.1 Å². The van der Waals surface area contributed by atoms with E-state index in [0.717, 1.165) is 7.28 Å². The minimum atomic E-state index is -1.89. The van der Waals surface area contributed by atoms with E-state index in [2.05, 4.69) is 216 Å². The molecule has 0 bridgehead atoms. The van der Waals surface area contributed by atoms with Gasteiger partial charge in [0.2, 0.25) is 0 Å². The van der Waals surface area contributed by atoms with Crippen molar-refractivity contribution in [2.45, 2.75) is 104 Å². The molecule has 8 aromatic carbocycles. The van der Waals surface area contributed by atoms with Gasteiger partial charge in [0.1, 0.15) is 0 Å². The predicted molar refractivity (Wildman–Crippen MR) is 276 cm³/mol. The first-order valence-electron chi connectivity index (χ1n) is 22.7. The van der Waals surface area contributed by atoms with Gasteiger partial charge in [-0.3, -0.25) is 0 Å². The molecule has 0 fully saturated rings. The molecule has 0 unspecified atom stereocenters. The Morgan fingerprint density at radius 3 is 1.81 bits per heavy atom. The van der Waals surface area contributed by atoms with Gasteiger partial charge in [-0.15, -0.1) is 10.0 Å². The lowest BCUT2D eigenvalue weighted by atomic mass is 9.58. The summed E-state index contributed by atoms with van der Waals surface area (Å²) in [4.78, 5) is 13.4. The zero-order chi connectivity index (χ0) is 43.5. The normalized spacial score (nSPS) is 17.1. The molecule has 3 heterocycles. The summed E-state index contributed by atoms with van der Waals surface area (Å²) in [6.07, 6.45) is 2.38. The Balaban J connectivity index is 1.12. The van der Waals surface area contributed by atoms with Gasteiger partial charge in [0.15, 0.2) is 7.28 Å². The number of aryl methyl sites for hydroxylation is 2. The van der Waals surface area contributed by atoms with Crippen LogP contribution in [0, 0.1) is 13.8 Å². The topological polar surface area (TPSA) is 15.3 Å². The summed E-state index contributed by atoms with van der Waals surface area (Å²) in [5.41, 5.74) is 17.3. The van der Waals surface area contributed by atoms with E-state index in [4.69, 9.17) is 0 Å². The molecule has 0 spiro atoms. The maximum Gasteiger partial charge on any atom is 0.198 e. The van der Waals surface area contributed by atoms with Crippen LogP contribution in [0.5, 0.6) is 0 Å². The zero-order valence-electron chi connectivity index (χ0n) is 37.4. The summed E-state index contributed by atoms with van der Waals surface area (Å²) >= 11 is 3.84. The van der Waals surface area contributed by atoms with Gasteiger partial charge < -0.3 is 10.2 Å². The predicted octanol–water partition coefficient (Wildman–Crippen LogP) is 15.5. The Hall–Kier alpha value is -5.53. The monoisotopic (exact) mass is 882 g/mol. The average Bonchev–Trinajstić information content (AvgIpc) is 3.30. The highest BCUT2D eigenvalue weighted by atomic mass is 32.3. The smallest absolute Gasteiger partial charge is 0.198 e. The fourth-order valence-corrected chi connectivity index (χ4v) is 17.5. The van der Waals surface area contributed by atoms with E-state index in [1.54, 1.807) is 0 Å². The summed E-state index contributed by atoms with van der Waals surface area (Å²) < 4.78 is 0. The molecular weight excluding hydrogens is 832 g/mol. The quantitative estimate of drug-likeness (QED) is 0.177. The van der Waals surface area contributed by atoms with Gasteiger partial charge in [0.25, 0.3) is 0 Å². The van der Waals surface area contributed by atoms with Crippen molar-refractivity contribution in [2.24, 2.45) is 0 Å². The van der Waals surface area contributed by atoms with Gasteiger partial charge >= 0.3 is 0 Å². The second kappa shape index (κ2) is 14.8. The van der Waals surface area contributed by atoms with E-state index in [9.17, 15) is 0 Å². The molecule has 6 heteroatoms. The van der Waals surface area contributed by atoms with Crippen LogP contribution in [-0.4, -0.2) is 7.28 Å². The first kappa shape index (κ1) is 40.0. The van der Waals surface area contributed by atoms with Crippen molar-refractivity contribution in [3.05, 3.63) is 186 Å². The van der Waals surface area contributed by atoms with E-state index in [1.165, 1.54) is 125 Å². The molecule has 8 aromatic rings. The number of fused-ring (bicyclic) bond motifs is 7. The second-order valence-corrected chi connectivity index (χ2v) is 24.6. The van der Waals surface area contributed by atoms with Gasteiger partial charge in [-0.05, 0) is 144 Å². The van der Waals surface area contributed by atoms with Crippen molar-refractivity contribution in [3.63, 3.8) is 0 Å². The van der Waals surface area contributed by atoms with E-state index < -0.39 is 10.0 Å². The number of hydrogen-bond acceptors (Lipinski definition) is 4. The number of para-hydroxylation sites is 2. The Bertz CT molecular complexity index is 3170. The molecule has 1 aliphatic carbocycles. The van der Waals surface area contributed by atoms with Crippen molar-refractivity contribution in [1.29, 1.82) is 0 Å². The van der Waals surface area contributed by atoms with Crippen LogP contribution in [0.3, 0.4) is 0 Å². The lowest BCUT2D eigenvalue weighted by Crippen LogP contribution is -2.42. The van der Waals surface area contributed by atoms with Crippen LogP contribution in [0.4, 0.5) is 28.4 Å². The van der Waals surface area contributed by atoms with Crippen molar-refractivity contribution in [1.82, 2.24) is 0 Å². The van der Waals surface area contributed by atoms with Crippen LogP contribution in [0.25, 0.3) is 11.1 Å². The molecule has 3 aliphatic heterocycles. The molecule has 12 rings (SSSR count).